The van der Waals surface area contributed by atoms with Crippen molar-refractivity contribution >= 4 is 17.0 Å². The predicted molar refractivity (Wildman–Crippen MR) is 84.6 cm³/mol. The summed E-state index contributed by atoms with van der Waals surface area (Å²) in [4.78, 5) is 19.6. The van der Waals surface area contributed by atoms with Crippen molar-refractivity contribution in [3.05, 3.63) is 48.3 Å². The number of pyridine rings is 1. The molecule has 0 radical (unpaired) electrons. The van der Waals surface area contributed by atoms with E-state index in [0.717, 1.165) is 41.0 Å². The van der Waals surface area contributed by atoms with Gasteiger partial charge >= 0.3 is 5.97 Å². The first kappa shape index (κ1) is 14.3. The summed E-state index contributed by atoms with van der Waals surface area (Å²) in [5, 5.41) is 8.93. The Morgan fingerprint density at radius 3 is 2.68 bits per heavy atom. The highest BCUT2D eigenvalue weighted by atomic mass is 16.4. The van der Waals surface area contributed by atoms with E-state index in [0.29, 0.717) is 0 Å². The van der Waals surface area contributed by atoms with Crippen LogP contribution < -0.4 is 0 Å². The zero-order chi connectivity index (χ0) is 15.5. The molecule has 0 saturated carbocycles. The van der Waals surface area contributed by atoms with Crippen molar-refractivity contribution in [3.63, 3.8) is 0 Å². The minimum absolute atomic E-state index is 0.0150. The lowest BCUT2D eigenvalue weighted by Gasteiger charge is -2.07. The first-order valence-electron chi connectivity index (χ1n) is 7.30. The number of aliphatic carboxylic acids is 1. The van der Waals surface area contributed by atoms with Crippen molar-refractivity contribution in [1.29, 1.82) is 0 Å². The Kier molecular flexibility index (Phi) is 3.87. The van der Waals surface area contributed by atoms with Crippen LogP contribution in [0.3, 0.4) is 0 Å². The van der Waals surface area contributed by atoms with Crippen molar-refractivity contribution in [3.8, 4) is 11.4 Å². The molecule has 0 aliphatic carbocycles. The third kappa shape index (κ3) is 2.70. The molecule has 1 N–H and O–H groups in total. The lowest BCUT2D eigenvalue weighted by molar-refractivity contribution is -0.136. The van der Waals surface area contributed by atoms with Crippen LogP contribution in [0.5, 0.6) is 0 Å². The average molecular weight is 295 g/mol. The van der Waals surface area contributed by atoms with E-state index in [9.17, 15) is 4.79 Å². The van der Waals surface area contributed by atoms with Gasteiger partial charge in [-0.2, -0.15) is 0 Å². The third-order valence-corrected chi connectivity index (χ3v) is 3.55. The van der Waals surface area contributed by atoms with E-state index in [1.807, 2.05) is 30.3 Å². The maximum Gasteiger partial charge on any atom is 0.307 e. The monoisotopic (exact) mass is 295 g/mol. The molecule has 0 amide bonds. The van der Waals surface area contributed by atoms with Crippen LogP contribution in [0.15, 0.2) is 42.7 Å². The normalized spacial score (nSPS) is 11.0. The largest absolute Gasteiger partial charge is 0.481 e. The van der Waals surface area contributed by atoms with Gasteiger partial charge in [0.15, 0.2) is 0 Å². The number of carbonyl (C=O) groups is 1. The fraction of sp³-hybridized carbons (Fsp3) is 0.235. The second kappa shape index (κ2) is 5.97. The van der Waals surface area contributed by atoms with Crippen molar-refractivity contribution in [2.24, 2.45) is 0 Å². The molecule has 2 aromatic heterocycles. The van der Waals surface area contributed by atoms with Crippen LogP contribution in [0, 0.1) is 0 Å². The highest BCUT2D eigenvalue weighted by molar-refractivity contribution is 5.82. The first-order valence-corrected chi connectivity index (χ1v) is 7.30. The maximum absolute atomic E-state index is 10.9. The second-order valence-electron chi connectivity index (χ2n) is 5.22. The first-order chi connectivity index (χ1) is 10.7. The molecule has 0 aliphatic rings. The van der Waals surface area contributed by atoms with Gasteiger partial charge in [-0.25, -0.2) is 4.98 Å². The number of imidazole rings is 1. The molecule has 1 aromatic carbocycles. The molecule has 5 nitrogen and oxygen atoms in total. The van der Waals surface area contributed by atoms with Gasteiger partial charge in [0.05, 0.1) is 17.5 Å². The molecule has 0 unspecified atom stereocenters. The smallest absolute Gasteiger partial charge is 0.307 e. The van der Waals surface area contributed by atoms with E-state index in [-0.39, 0.29) is 6.42 Å². The zero-order valence-corrected chi connectivity index (χ0v) is 12.4. The summed E-state index contributed by atoms with van der Waals surface area (Å²) in [7, 11) is 0. The quantitative estimate of drug-likeness (QED) is 0.785. The Hall–Kier alpha value is -2.69. The Morgan fingerprint density at radius 1 is 1.23 bits per heavy atom. The Labute approximate surface area is 128 Å². The number of aromatic nitrogens is 3. The van der Waals surface area contributed by atoms with Crippen LogP contribution >= 0.6 is 0 Å². The summed E-state index contributed by atoms with van der Waals surface area (Å²) in [6.45, 7) is 2.99. The predicted octanol–water partition coefficient (Wildman–Crippen LogP) is 3.14. The van der Waals surface area contributed by atoms with Crippen molar-refractivity contribution in [1.82, 2.24) is 14.5 Å². The number of benzene rings is 1. The fourth-order valence-corrected chi connectivity index (χ4v) is 2.63. The topological polar surface area (TPSA) is 68.0 Å². The summed E-state index contributed by atoms with van der Waals surface area (Å²) in [6.07, 6.45) is 4.52. The number of hydrogen-bond acceptors (Lipinski definition) is 3. The van der Waals surface area contributed by atoms with Crippen molar-refractivity contribution in [2.75, 3.05) is 0 Å². The summed E-state index contributed by atoms with van der Waals surface area (Å²) >= 11 is 0. The second-order valence-corrected chi connectivity index (χ2v) is 5.22. The van der Waals surface area contributed by atoms with Gasteiger partial charge in [0.2, 0.25) is 0 Å². The SMILES string of the molecule is CCCn1c(-c2ccncc2)nc2cc(CC(=O)O)ccc21. The number of carboxylic acid groups (broad SMARTS) is 1. The molecule has 0 aliphatic heterocycles. The van der Waals surface area contributed by atoms with E-state index in [2.05, 4.69) is 16.5 Å². The van der Waals surface area contributed by atoms with E-state index in [1.54, 1.807) is 12.4 Å². The van der Waals surface area contributed by atoms with Gasteiger partial charge < -0.3 is 9.67 Å². The standard InChI is InChI=1S/C17H17N3O2/c1-2-9-20-15-4-3-12(11-16(21)22)10-14(15)19-17(20)13-5-7-18-8-6-13/h3-8,10H,2,9,11H2,1H3,(H,21,22). The van der Waals surface area contributed by atoms with Crippen molar-refractivity contribution < 1.29 is 9.90 Å². The lowest BCUT2D eigenvalue weighted by atomic mass is 10.1. The summed E-state index contributed by atoms with van der Waals surface area (Å²) in [5.74, 6) is 0.0634. The highest BCUT2D eigenvalue weighted by Crippen LogP contribution is 2.25. The molecule has 0 bridgehead atoms. The molecule has 0 fully saturated rings. The van der Waals surface area contributed by atoms with Crippen LogP contribution in [-0.4, -0.2) is 25.6 Å². The molecule has 112 valence electrons. The number of nitrogens with zero attached hydrogens (tertiary/aromatic N) is 3. The molecule has 0 spiro atoms. The van der Waals surface area contributed by atoms with Gasteiger partial charge in [-0.15, -0.1) is 0 Å². The number of fused-ring (bicyclic) bond motifs is 1. The number of carboxylic acids is 1. The Balaban J connectivity index is 2.15. The molecule has 0 saturated heterocycles. The Bertz CT molecular complexity index is 809. The summed E-state index contributed by atoms with van der Waals surface area (Å²) in [6, 6.07) is 9.55. The maximum atomic E-state index is 10.9. The van der Waals surface area contributed by atoms with Gasteiger partial charge in [0.1, 0.15) is 5.82 Å². The molecule has 22 heavy (non-hydrogen) atoms. The van der Waals surface area contributed by atoms with E-state index < -0.39 is 5.97 Å². The number of rotatable bonds is 5. The van der Waals surface area contributed by atoms with Gasteiger partial charge in [-0.1, -0.05) is 13.0 Å². The van der Waals surface area contributed by atoms with Gasteiger partial charge in [0, 0.05) is 24.5 Å². The van der Waals surface area contributed by atoms with Crippen LogP contribution in [-0.2, 0) is 17.8 Å². The Morgan fingerprint density at radius 2 is 2.00 bits per heavy atom. The van der Waals surface area contributed by atoms with Crippen molar-refractivity contribution in [2.45, 2.75) is 26.3 Å². The number of hydrogen-bond donors (Lipinski definition) is 1. The molecular formula is C17H17N3O2. The highest BCUT2D eigenvalue weighted by Gasteiger charge is 2.13. The summed E-state index contributed by atoms with van der Waals surface area (Å²) in [5.41, 5.74) is 3.64. The summed E-state index contributed by atoms with van der Waals surface area (Å²) < 4.78 is 2.18. The molecule has 5 heteroatoms. The molecule has 2 heterocycles. The van der Waals surface area contributed by atoms with Gasteiger partial charge in [-0.3, -0.25) is 9.78 Å². The minimum Gasteiger partial charge on any atom is -0.481 e. The van der Waals surface area contributed by atoms with Crippen LogP contribution in [0.4, 0.5) is 0 Å². The van der Waals surface area contributed by atoms with Crippen LogP contribution in [0.1, 0.15) is 18.9 Å². The number of aryl methyl sites for hydroxylation is 1. The van der Waals surface area contributed by atoms with E-state index in [4.69, 9.17) is 10.1 Å². The lowest BCUT2D eigenvalue weighted by Crippen LogP contribution is -2.01. The molecule has 0 atom stereocenters. The molecule has 3 rings (SSSR count). The molecular weight excluding hydrogens is 278 g/mol. The average Bonchev–Trinajstić information content (AvgIpc) is 2.86. The zero-order valence-electron chi connectivity index (χ0n) is 12.4. The van der Waals surface area contributed by atoms with E-state index >= 15 is 0 Å². The fourth-order valence-electron chi connectivity index (χ4n) is 2.63. The third-order valence-electron chi connectivity index (χ3n) is 3.55. The minimum atomic E-state index is -0.832. The van der Waals surface area contributed by atoms with Gasteiger partial charge in [0.25, 0.3) is 0 Å². The van der Waals surface area contributed by atoms with Crippen LogP contribution in [0.2, 0.25) is 0 Å². The molecule has 3 aromatic rings. The van der Waals surface area contributed by atoms with Gasteiger partial charge in [-0.05, 0) is 36.2 Å². The van der Waals surface area contributed by atoms with Crippen LogP contribution in [0.25, 0.3) is 22.4 Å². The van der Waals surface area contributed by atoms with E-state index in [1.165, 1.54) is 0 Å².